The summed E-state index contributed by atoms with van der Waals surface area (Å²) < 4.78 is 14.5. The molecule has 0 aliphatic rings. The van der Waals surface area contributed by atoms with Crippen molar-refractivity contribution >= 4 is 11.6 Å². The van der Waals surface area contributed by atoms with Gasteiger partial charge in [0.05, 0.1) is 6.04 Å². The van der Waals surface area contributed by atoms with Gasteiger partial charge in [0.2, 0.25) is 0 Å². The van der Waals surface area contributed by atoms with Crippen LogP contribution in [0, 0.1) is 19.7 Å². The summed E-state index contributed by atoms with van der Waals surface area (Å²) in [5.41, 5.74) is 3.66. The van der Waals surface area contributed by atoms with Crippen molar-refractivity contribution in [2.24, 2.45) is 0 Å². The normalized spacial score (nSPS) is 12.4. The van der Waals surface area contributed by atoms with Gasteiger partial charge in [-0.05, 0) is 61.7 Å². The molecule has 0 bridgehead atoms. The minimum absolute atomic E-state index is 0.150. The number of hydrogen-bond donors (Lipinski definition) is 1. The molecular weight excluding hydrogens is 285 g/mol. The lowest BCUT2D eigenvalue weighted by Crippen LogP contribution is -2.25. The van der Waals surface area contributed by atoms with E-state index >= 15 is 0 Å². The predicted molar refractivity (Wildman–Crippen MR) is 87.5 cm³/mol. The quantitative estimate of drug-likeness (QED) is 0.802. The van der Waals surface area contributed by atoms with Crippen LogP contribution >= 0.6 is 11.6 Å². The minimum atomic E-state index is -0.156. The Morgan fingerprint density at radius 1 is 1.14 bits per heavy atom. The monoisotopic (exact) mass is 305 g/mol. The van der Waals surface area contributed by atoms with Gasteiger partial charge in [0.15, 0.2) is 0 Å². The van der Waals surface area contributed by atoms with Gasteiger partial charge in [0.1, 0.15) is 5.82 Å². The Hall–Kier alpha value is -1.38. The van der Waals surface area contributed by atoms with Gasteiger partial charge < -0.3 is 5.32 Å². The topological polar surface area (TPSA) is 12.0 Å². The van der Waals surface area contributed by atoms with Crippen molar-refractivity contribution in [2.75, 3.05) is 6.54 Å². The van der Waals surface area contributed by atoms with Gasteiger partial charge in [-0.2, -0.15) is 0 Å². The molecule has 1 N–H and O–H groups in total. The molecule has 2 aromatic rings. The molecule has 1 atom stereocenters. The zero-order valence-corrected chi connectivity index (χ0v) is 13.5. The average Bonchev–Trinajstić information content (AvgIpc) is 2.42. The minimum Gasteiger partial charge on any atom is -0.306 e. The molecule has 0 saturated carbocycles. The van der Waals surface area contributed by atoms with Crippen molar-refractivity contribution in [3.05, 3.63) is 69.5 Å². The maximum Gasteiger partial charge on any atom is 0.128 e. The van der Waals surface area contributed by atoms with Gasteiger partial charge in [-0.15, -0.1) is 0 Å². The first-order valence-electron chi connectivity index (χ1n) is 7.28. The average molecular weight is 306 g/mol. The molecule has 3 heteroatoms. The highest BCUT2D eigenvalue weighted by Gasteiger charge is 2.19. The van der Waals surface area contributed by atoms with Gasteiger partial charge in [0, 0.05) is 10.6 Å². The number of halogens is 2. The van der Waals surface area contributed by atoms with Crippen LogP contribution in [0.15, 0.2) is 36.4 Å². The molecule has 1 unspecified atom stereocenters. The van der Waals surface area contributed by atoms with Gasteiger partial charge in [-0.25, -0.2) is 4.39 Å². The lowest BCUT2D eigenvalue weighted by atomic mass is 9.93. The summed E-state index contributed by atoms with van der Waals surface area (Å²) in [7, 11) is 0. The first kappa shape index (κ1) is 16.0. The molecule has 1 nitrogen and oxygen atoms in total. The highest BCUT2D eigenvalue weighted by atomic mass is 35.5. The SMILES string of the molecule is CCCNC(c1ccc(Cl)cc1)c1c(C)cc(C)cc1F. The zero-order valence-electron chi connectivity index (χ0n) is 12.7. The fraction of sp³-hybridized carbons (Fsp3) is 0.333. The van der Waals surface area contributed by atoms with Crippen LogP contribution in [0.3, 0.4) is 0 Å². The van der Waals surface area contributed by atoms with E-state index in [1.54, 1.807) is 6.07 Å². The van der Waals surface area contributed by atoms with Crippen molar-refractivity contribution in [3.8, 4) is 0 Å². The Kier molecular flexibility index (Phi) is 5.38. The Labute approximate surface area is 131 Å². The molecule has 0 aliphatic heterocycles. The van der Waals surface area contributed by atoms with Crippen LogP contribution in [-0.2, 0) is 0 Å². The highest BCUT2D eigenvalue weighted by molar-refractivity contribution is 6.30. The summed E-state index contributed by atoms with van der Waals surface area (Å²) in [6.45, 7) is 6.81. The largest absolute Gasteiger partial charge is 0.306 e. The number of rotatable bonds is 5. The number of benzene rings is 2. The van der Waals surface area contributed by atoms with Gasteiger partial charge >= 0.3 is 0 Å². The highest BCUT2D eigenvalue weighted by Crippen LogP contribution is 2.29. The van der Waals surface area contributed by atoms with E-state index < -0.39 is 0 Å². The standard InChI is InChI=1S/C18H21ClFN/c1-4-9-21-18(14-5-7-15(19)8-6-14)17-13(3)10-12(2)11-16(17)20/h5-8,10-11,18,21H,4,9H2,1-3H3. The molecule has 21 heavy (non-hydrogen) atoms. The molecule has 0 heterocycles. The lowest BCUT2D eigenvalue weighted by molar-refractivity contribution is 0.543. The van der Waals surface area contributed by atoms with Crippen LogP contribution in [0.4, 0.5) is 4.39 Å². The van der Waals surface area contributed by atoms with Crippen molar-refractivity contribution in [1.29, 1.82) is 0 Å². The summed E-state index contributed by atoms with van der Waals surface area (Å²) in [4.78, 5) is 0. The van der Waals surface area contributed by atoms with E-state index in [1.807, 2.05) is 44.2 Å². The summed E-state index contributed by atoms with van der Waals surface area (Å²) in [5, 5.41) is 4.13. The molecule has 0 aromatic heterocycles. The molecule has 0 fully saturated rings. The Bertz CT molecular complexity index is 584. The van der Waals surface area contributed by atoms with Crippen molar-refractivity contribution in [3.63, 3.8) is 0 Å². The maximum atomic E-state index is 14.5. The van der Waals surface area contributed by atoms with E-state index in [4.69, 9.17) is 11.6 Å². The molecule has 0 aliphatic carbocycles. The molecule has 2 aromatic carbocycles. The second kappa shape index (κ2) is 7.06. The van der Waals surface area contributed by atoms with Crippen LogP contribution in [-0.4, -0.2) is 6.54 Å². The van der Waals surface area contributed by atoms with E-state index in [-0.39, 0.29) is 11.9 Å². The summed E-state index contributed by atoms with van der Waals surface area (Å²) in [6.07, 6.45) is 0.997. The third-order valence-electron chi connectivity index (χ3n) is 3.57. The fourth-order valence-corrected chi connectivity index (χ4v) is 2.75. The number of aryl methyl sites for hydroxylation is 2. The first-order chi connectivity index (χ1) is 10.0. The van der Waals surface area contributed by atoms with E-state index in [1.165, 1.54) is 0 Å². The molecule has 0 spiro atoms. The van der Waals surface area contributed by atoms with Gasteiger partial charge in [-0.1, -0.05) is 36.7 Å². The van der Waals surface area contributed by atoms with E-state index in [9.17, 15) is 4.39 Å². The maximum absolute atomic E-state index is 14.5. The Morgan fingerprint density at radius 2 is 1.81 bits per heavy atom. The fourth-order valence-electron chi connectivity index (χ4n) is 2.62. The Balaban J connectivity index is 2.47. The van der Waals surface area contributed by atoms with Crippen LogP contribution < -0.4 is 5.32 Å². The van der Waals surface area contributed by atoms with Crippen molar-refractivity contribution in [1.82, 2.24) is 5.32 Å². The molecule has 0 amide bonds. The lowest BCUT2D eigenvalue weighted by Gasteiger charge is -2.22. The Morgan fingerprint density at radius 3 is 2.38 bits per heavy atom. The summed E-state index contributed by atoms with van der Waals surface area (Å²) >= 11 is 5.96. The third kappa shape index (κ3) is 3.84. The van der Waals surface area contributed by atoms with Crippen LogP contribution in [0.1, 0.15) is 41.6 Å². The summed E-state index contributed by atoms with van der Waals surface area (Å²) in [5.74, 6) is -0.156. The van der Waals surface area contributed by atoms with Crippen molar-refractivity contribution in [2.45, 2.75) is 33.2 Å². The molecule has 0 saturated heterocycles. The second-order valence-electron chi connectivity index (χ2n) is 5.42. The van der Waals surface area contributed by atoms with Gasteiger partial charge in [0.25, 0.3) is 0 Å². The van der Waals surface area contributed by atoms with E-state index in [0.29, 0.717) is 5.02 Å². The van der Waals surface area contributed by atoms with Crippen molar-refractivity contribution < 1.29 is 4.39 Å². The van der Waals surface area contributed by atoms with Crippen LogP contribution in [0.5, 0.6) is 0 Å². The molecule has 0 radical (unpaired) electrons. The zero-order chi connectivity index (χ0) is 15.4. The van der Waals surface area contributed by atoms with Crippen LogP contribution in [0.2, 0.25) is 5.02 Å². The third-order valence-corrected chi connectivity index (χ3v) is 3.82. The number of nitrogens with one attached hydrogen (secondary N) is 1. The smallest absolute Gasteiger partial charge is 0.128 e. The van der Waals surface area contributed by atoms with Crippen LogP contribution in [0.25, 0.3) is 0 Å². The summed E-state index contributed by atoms with van der Waals surface area (Å²) in [6, 6.07) is 11.1. The molecule has 2 rings (SSSR count). The van der Waals surface area contributed by atoms with Gasteiger partial charge in [-0.3, -0.25) is 0 Å². The predicted octanol–water partition coefficient (Wildman–Crippen LogP) is 5.18. The van der Waals surface area contributed by atoms with E-state index in [2.05, 4.69) is 12.2 Å². The molecular formula is C18H21ClFN. The second-order valence-corrected chi connectivity index (χ2v) is 5.85. The van der Waals surface area contributed by atoms with E-state index in [0.717, 1.165) is 35.2 Å². The number of hydrogen-bond acceptors (Lipinski definition) is 1. The molecule has 112 valence electrons. The first-order valence-corrected chi connectivity index (χ1v) is 7.66.